The monoisotopic (exact) mass is 820 g/mol. The normalized spacial score (nSPS) is 25.0. The number of hydrogen-bond donors (Lipinski definition) is 2. The highest BCUT2D eigenvalue weighted by Crippen LogP contribution is 2.55. The first kappa shape index (κ1) is 40.3. The minimum atomic E-state index is -0.984. The van der Waals surface area contributed by atoms with Crippen LogP contribution in [0, 0.1) is 28.1 Å². The first-order valence-corrected chi connectivity index (χ1v) is 20.8. The largest absolute Gasteiger partial charge is 0.489 e. The Morgan fingerprint density at radius 2 is 1.54 bits per heavy atom. The van der Waals surface area contributed by atoms with E-state index in [1.165, 1.54) is 0 Å². The molecule has 1 unspecified atom stereocenters. The van der Waals surface area contributed by atoms with Gasteiger partial charge >= 0.3 is 0 Å². The summed E-state index contributed by atoms with van der Waals surface area (Å²) in [4.78, 5) is 69.5. The molecular formula is C45H49ClN6O7. The molecule has 308 valence electrons. The number of rotatable bonds is 10. The highest BCUT2D eigenvalue weighted by molar-refractivity contribution is 6.31. The molecule has 3 saturated heterocycles. The second-order valence-electron chi connectivity index (χ2n) is 17.6. The Kier molecular flexibility index (Phi) is 10.7. The van der Waals surface area contributed by atoms with Crippen LogP contribution in [0.25, 0.3) is 0 Å². The third kappa shape index (κ3) is 7.53. The van der Waals surface area contributed by atoms with Crippen molar-refractivity contribution in [2.45, 2.75) is 84.1 Å². The standard InChI is InChI=1S/C45H49ClN6O7/c1-44(2)42(45(3,4)43(44)59-32-11-7-28(23-47)35(46)22-32)49-38(54)27-5-8-29(9-6-27)50-19-16-31(17-20-50)58-25-26-15-18-51(24-26)30-10-12-33-34(21-30)41(57)52(40(33)56)36-13-14-37(53)48-39(36)55/h5-12,21-22,26,31,36,42-43H,13-20,24-25H2,1-4H3,(H,49,54)(H,48,53,55)/t26-,36?,42?,43?/m0/s1. The second-order valence-corrected chi connectivity index (χ2v) is 18.1. The average Bonchev–Trinajstić information content (AvgIpc) is 3.80. The van der Waals surface area contributed by atoms with E-state index in [1.54, 1.807) is 30.3 Å². The number of halogens is 1. The van der Waals surface area contributed by atoms with Crippen molar-refractivity contribution < 1.29 is 33.4 Å². The molecule has 0 radical (unpaired) electrons. The molecule has 8 rings (SSSR count). The number of amides is 5. The summed E-state index contributed by atoms with van der Waals surface area (Å²) < 4.78 is 12.8. The summed E-state index contributed by atoms with van der Waals surface area (Å²) in [6, 6.07) is 19.1. The second kappa shape index (κ2) is 15.6. The molecule has 2 atom stereocenters. The third-order valence-corrected chi connectivity index (χ3v) is 13.3. The van der Waals surface area contributed by atoms with E-state index in [-0.39, 0.29) is 59.0 Å². The number of piperidine rings is 2. The lowest BCUT2D eigenvalue weighted by Crippen LogP contribution is -2.74. The van der Waals surface area contributed by atoms with Crippen molar-refractivity contribution >= 4 is 52.5 Å². The Labute approximate surface area is 348 Å². The molecule has 0 bridgehead atoms. The van der Waals surface area contributed by atoms with E-state index >= 15 is 0 Å². The number of benzene rings is 3. The van der Waals surface area contributed by atoms with Gasteiger partial charge < -0.3 is 24.6 Å². The molecule has 4 fully saturated rings. The van der Waals surface area contributed by atoms with Crippen LogP contribution in [0.5, 0.6) is 5.75 Å². The van der Waals surface area contributed by atoms with Crippen molar-refractivity contribution in [2.24, 2.45) is 16.7 Å². The number of fused-ring (bicyclic) bond motifs is 1. The van der Waals surface area contributed by atoms with Gasteiger partial charge in [-0.1, -0.05) is 39.3 Å². The number of nitrogens with zero attached hydrogens (tertiary/aromatic N) is 4. The molecule has 13 nitrogen and oxygen atoms in total. The van der Waals surface area contributed by atoms with Crippen molar-refractivity contribution in [1.82, 2.24) is 15.5 Å². The fourth-order valence-corrected chi connectivity index (χ4v) is 10.3. The van der Waals surface area contributed by atoms with Gasteiger partial charge in [0.05, 0.1) is 34.4 Å². The van der Waals surface area contributed by atoms with Crippen LogP contribution in [-0.4, -0.2) is 91.5 Å². The fraction of sp³-hybridized carbons (Fsp3) is 0.467. The predicted molar refractivity (Wildman–Crippen MR) is 220 cm³/mol. The molecule has 5 aliphatic rings. The van der Waals surface area contributed by atoms with E-state index in [0.717, 1.165) is 61.7 Å². The number of nitriles is 1. The Hall–Kier alpha value is -5.45. The zero-order chi connectivity index (χ0) is 41.8. The van der Waals surface area contributed by atoms with E-state index in [9.17, 15) is 29.2 Å². The molecule has 3 aromatic rings. The molecule has 14 heteroatoms. The van der Waals surface area contributed by atoms with Gasteiger partial charge in [-0.2, -0.15) is 5.26 Å². The van der Waals surface area contributed by atoms with Crippen LogP contribution in [0.4, 0.5) is 11.4 Å². The fourth-order valence-electron chi connectivity index (χ4n) is 10.0. The first-order chi connectivity index (χ1) is 28.1. The number of carbonyl (C=O) groups is 5. The SMILES string of the molecule is CC1(C)C(NC(=O)c2ccc(N3CCC(OC[C@H]4CCN(c5ccc6c(c5)C(=O)N(C5CCC(=O)NC5=O)C6=O)C4)CC3)cc2)C(C)(C)C1Oc1ccc(C#N)c(Cl)c1. The zero-order valence-corrected chi connectivity index (χ0v) is 34.5. The minimum Gasteiger partial charge on any atom is -0.489 e. The molecule has 4 heterocycles. The summed E-state index contributed by atoms with van der Waals surface area (Å²) >= 11 is 6.25. The van der Waals surface area contributed by atoms with Gasteiger partial charge in [0, 0.05) is 78.4 Å². The van der Waals surface area contributed by atoms with Crippen molar-refractivity contribution in [3.8, 4) is 11.8 Å². The summed E-state index contributed by atoms with van der Waals surface area (Å²) in [5.41, 5.74) is 2.77. The lowest BCUT2D eigenvalue weighted by atomic mass is 9.49. The van der Waals surface area contributed by atoms with Crippen LogP contribution in [-0.2, 0) is 14.3 Å². The van der Waals surface area contributed by atoms with Crippen LogP contribution in [0.3, 0.4) is 0 Å². The average molecular weight is 821 g/mol. The Bertz CT molecular complexity index is 2230. The molecule has 59 heavy (non-hydrogen) atoms. The van der Waals surface area contributed by atoms with Crippen molar-refractivity contribution in [3.63, 3.8) is 0 Å². The number of hydrogen-bond acceptors (Lipinski definition) is 10. The maximum absolute atomic E-state index is 13.5. The Morgan fingerprint density at radius 1 is 0.864 bits per heavy atom. The van der Waals surface area contributed by atoms with Gasteiger partial charge in [0.25, 0.3) is 17.7 Å². The quantitative estimate of drug-likeness (QED) is 0.242. The minimum absolute atomic E-state index is 0.0832. The molecule has 3 aromatic carbocycles. The number of carbonyl (C=O) groups excluding carboxylic acids is 5. The van der Waals surface area contributed by atoms with E-state index < -0.39 is 29.7 Å². The number of imide groups is 2. The maximum Gasteiger partial charge on any atom is 0.262 e. The lowest BCUT2D eigenvalue weighted by Gasteiger charge is -2.63. The van der Waals surface area contributed by atoms with Crippen LogP contribution in [0.1, 0.15) is 96.4 Å². The van der Waals surface area contributed by atoms with Crippen molar-refractivity contribution in [1.29, 1.82) is 5.26 Å². The van der Waals surface area contributed by atoms with Gasteiger partial charge in [0.1, 0.15) is 24.0 Å². The Balaban J connectivity index is 0.786. The van der Waals surface area contributed by atoms with E-state index in [0.29, 0.717) is 34.4 Å². The smallest absolute Gasteiger partial charge is 0.262 e. The van der Waals surface area contributed by atoms with E-state index in [2.05, 4.69) is 54.2 Å². The van der Waals surface area contributed by atoms with Crippen LogP contribution in [0.15, 0.2) is 60.7 Å². The first-order valence-electron chi connectivity index (χ1n) is 20.4. The maximum atomic E-state index is 13.5. The molecule has 2 N–H and O–H groups in total. The third-order valence-electron chi connectivity index (χ3n) is 13.0. The lowest BCUT2D eigenvalue weighted by molar-refractivity contribution is -0.164. The predicted octanol–water partition coefficient (Wildman–Crippen LogP) is 5.74. The molecule has 0 spiro atoms. The highest BCUT2D eigenvalue weighted by Gasteiger charge is 2.64. The highest BCUT2D eigenvalue weighted by atomic mass is 35.5. The Morgan fingerprint density at radius 3 is 2.22 bits per heavy atom. The molecule has 1 saturated carbocycles. The molecule has 4 aliphatic heterocycles. The van der Waals surface area contributed by atoms with Crippen molar-refractivity contribution in [3.05, 3.63) is 87.9 Å². The van der Waals surface area contributed by atoms with Gasteiger partial charge in [-0.15, -0.1) is 0 Å². The van der Waals surface area contributed by atoms with E-state index in [4.69, 9.17) is 21.1 Å². The number of nitrogens with one attached hydrogen (secondary N) is 2. The summed E-state index contributed by atoms with van der Waals surface area (Å²) in [5.74, 6) is -1.23. The molecule has 5 amide bonds. The number of ether oxygens (including phenoxy) is 2. The van der Waals surface area contributed by atoms with Gasteiger partial charge in [-0.25, -0.2) is 0 Å². The van der Waals surface area contributed by atoms with Crippen LogP contribution in [0.2, 0.25) is 5.02 Å². The zero-order valence-electron chi connectivity index (χ0n) is 33.8. The van der Waals surface area contributed by atoms with Crippen LogP contribution >= 0.6 is 11.6 Å². The number of anilines is 2. The summed E-state index contributed by atoms with van der Waals surface area (Å²) in [6.45, 7) is 12.3. The van der Waals surface area contributed by atoms with Gasteiger partial charge in [0.15, 0.2) is 0 Å². The van der Waals surface area contributed by atoms with Gasteiger partial charge in [0.2, 0.25) is 11.8 Å². The summed E-state index contributed by atoms with van der Waals surface area (Å²) in [7, 11) is 0. The van der Waals surface area contributed by atoms with Gasteiger partial charge in [-0.3, -0.25) is 34.2 Å². The molecule has 0 aromatic heterocycles. The summed E-state index contributed by atoms with van der Waals surface area (Å²) in [6.07, 6.45) is 2.92. The molecular weight excluding hydrogens is 772 g/mol. The van der Waals surface area contributed by atoms with Gasteiger partial charge in [-0.05, 0) is 80.3 Å². The molecule has 1 aliphatic carbocycles. The van der Waals surface area contributed by atoms with Crippen LogP contribution < -0.4 is 25.2 Å². The topological polar surface area (TPSA) is 161 Å². The van der Waals surface area contributed by atoms with Crippen molar-refractivity contribution in [2.75, 3.05) is 42.6 Å². The summed E-state index contributed by atoms with van der Waals surface area (Å²) in [5, 5.41) is 15.1. The van der Waals surface area contributed by atoms with E-state index in [1.807, 2.05) is 30.3 Å².